The van der Waals surface area contributed by atoms with E-state index < -0.39 is 35.2 Å². The lowest BCUT2D eigenvalue weighted by molar-refractivity contribution is -0.120. The highest BCUT2D eigenvalue weighted by atomic mass is 19.2. The molecule has 4 rings (SSSR count). The van der Waals surface area contributed by atoms with Crippen molar-refractivity contribution in [3.05, 3.63) is 65.1 Å². The summed E-state index contributed by atoms with van der Waals surface area (Å²) in [6.45, 7) is 1.10. The summed E-state index contributed by atoms with van der Waals surface area (Å²) < 4.78 is 52.9. The van der Waals surface area contributed by atoms with Crippen LogP contribution in [-0.2, 0) is 4.79 Å². The predicted molar refractivity (Wildman–Crippen MR) is 93.5 cm³/mol. The van der Waals surface area contributed by atoms with Gasteiger partial charge in [-0.2, -0.15) is 4.39 Å². The van der Waals surface area contributed by atoms with E-state index in [2.05, 4.69) is 15.7 Å². The molecule has 0 spiro atoms. The summed E-state index contributed by atoms with van der Waals surface area (Å²) in [4.78, 5) is 16.2. The molecule has 1 atom stereocenters. The zero-order valence-corrected chi connectivity index (χ0v) is 14.6. The Morgan fingerprint density at radius 3 is 2.61 bits per heavy atom. The van der Waals surface area contributed by atoms with E-state index in [1.165, 1.54) is 12.3 Å². The Bertz CT molecular complexity index is 938. The van der Waals surface area contributed by atoms with E-state index in [1.807, 2.05) is 5.01 Å². The Morgan fingerprint density at radius 1 is 1.18 bits per heavy atom. The van der Waals surface area contributed by atoms with Gasteiger partial charge in [-0.1, -0.05) is 0 Å². The van der Waals surface area contributed by atoms with Gasteiger partial charge in [-0.15, -0.1) is 0 Å². The maximum Gasteiger partial charge on any atom is 0.227 e. The lowest BCUT2D eigenvalue weighted by Gasteiger charge is -2.32. The highest BCUT2D eigenvalue weighted by molar-refractivity contribution is 5.93. The second-order valence-corrected chi connectivity index (χ2v) is 6.71. The fourth-order valence-electron chi connectivity index (χ4n) is 3.52. The minimum Gasteiger partial charge on any atom is -0.326 e. The van der Waals surface area contributed by atoms with Gasteiger partial charge < -0.3 is 10.3 Å². The summed E-state index contributed by atoms with van der Waals surface area (Å²) in [5, 5.41) is 4.40. The second-order valence-electron chi connectivity index (χ2n) is 6.71. The molecule has 0 saturated carbocycles. The number of halogens is 4. The van der Waals surface area contributed by atoms with Crippen LogP contribution in [0.25, 0.3) is 5.57 Å². The van der Waals surface area contributed by atoms with E-state index in [9.17, 15) is 22.4 Å². The average Bonchev–Trinajstić information content (AvgIpc) is 3.10. The van der Waals surface area contributed by atoms with Gasteiger partial charge in [0.15, 0.2) is 17.5 Å². The molecule has 2 aromatic rings. The topological polar surface area (TPSA) is 57.3 Å². The van der Waals surface area contributed by atoms with Crippen LogP contribution in [0.3, 0.4) is 0 Å². The number of carbonyl (C=O) groups is 1. The lowest BCUT2D eigenvalue weighted by atomic mass is 9.91. The molecule has 0 aliphatic carbocycles. The standard InChI is InChI=1S/C19H16F4N4O/c20-14-6-12(7-15(21)18(14)23)26-19(28)10-3-4-27-16(5-10)13(9-25-27)11-1-2-17(22)24-8-11/h1-2,6-8,10,25H,3-5,9H2,(H,26,28). The minimum atomic E-state index is -1.58. The van der Waals surface area contributed by atoms with Crippen LogP contribution in [0.1, 0.15) is 18.4 Å². The number of hydrogen-bond acceptors (Lipinski definition) is 4. The number of hydrazine groups is 1. The molecule has 0 radical (unpaired) electrons. The number of allylic oxidation sites excluding steroid dienone is 1. The molecule has 2 N–H and O–H groups in total. The molecule has 3 heterocycles. The molecule has 1 fully saturated rings. The van der Waals surface area contributed by atoms with Crippen molar-refractivity contribution in [2.24, 2.45) is 5.92 Å². The largest absolute Gasteiger partial charge is 0.326 e. The molecule has 1 aromatic carbocycles. The van der Waals surface area contributed by atoms with Gasteiger partial charge in [0.1, 0.15) is 0 Å². The molecular weight excluding hydrogens is 376 g/mol. The number of amides is 1. The van der Waals surface area contributed by atoms with Gasteiger partial charge in [-0.05, 0) is 29.7 Å². The van der Waals surface area contributed by atoms with Crippen molar-refractivity contribution in [1.29, 1.82) is 0 Å². The van der Waals surface area contributed by atoms with Crippen LogP contribution >= 0.6 is 0 Å². The predicted octanol–water partition coefficient (Wildman–Crippen LogP) is 3.22. The van der Waals surface area contributed by atoms with Crippen molar-refractivity contribution in [1.82, 2.24) is 15.4 Å². The van der Waals surface area contributed by atoms with Crippen LogP contribution in [0, 0.1) is 29.3 Å². The van der Waals surface area contributed by atoms with E-state index in [0.29, 0.717) is 25.9 Å². The number of piperidine rings is 1. The summed E-state index contributed by atoms with van der Waals surface area (Å²) in [5.41, 5.74) is 5.66. The van der Waals surface area contributed by atoms with Crippen LogP contribution in [0.2, 0.25) is 0 Å². The SMILES string of the molecule is O=C(Nc1cc(F)c(F)c(F)c1)C1CCN2NCC(c3ccc(F)nc3)=C2C1. The van der Waals surface area contributed by atoms with Crippen LogP contribution < -0.4 is 10.7 Å². The lowest BCUT2D eigenvalue weighted by Crippen LogP contribution is -2.40. The third-order valence-electron chi connectivity index (χ3n) is 4.96. The van der Waals surface area contributed by atoms with Gasteiger partial charge in [-0.3, -0.25) is 4.79 Å². The zero-order valence-electron chi connectivity index (χ0n) is 14.6. The summed E-state index contributed by atoms with van der Waals surface area (Å²) in [7, 11) is 0. The smallest absolute Gasteiger partial charge is 0.227 e. The van der Waals surface area contributed by atoms with Gasteiger partial charge >= 0.3 is 0 Å². The molecule has 5 nitrogen and oxygen atoms in total. The highest BCUT2D eigenvalue weighted by Gasteiger charge is 2.33. The van der Waals surface area contributed by atoms with Crippen LogP contribution in [0.4, 0.5) is 23.2 Å². The number of hydrogen-bond donors (Lipinski definition) is 2. The number of nitrogens with one attached hydrogen (secondary N) is 2. The molecule has 1 amide bonds. The van der Waals surface area contributed by atoms with Crippen molar-refractivity contribution in [3.8, 4) is 0 Å². The first-order valence-electron chi connectivity index (χ1n) is 8.73. The fraction of sp³-hybridized carbons (Fsp3) is 0.263. The Balaban J connectivity index is 1.53. The van der Waals surface area contributed by atoms with Crippen molar-refractivity contribution < 1.29 is 22.4 Å². The molecule has 28 heavy (non-hydrogen) atoms. The third kappa shape index (κ3) is 3.45. The normalized spacial score (nSPS) is 19.0. The van der Waals surface area contributed by atoms with Crippen LogP contribution in [-0.4, -0.2) is 29.0 Å². The molecule has 1 saturated heterocycles. The third-order valence-corrected chi connectivity index (χ3v) is 4.96. The fourth-order valence-corrected chi connectivity index (χ4v) is 3.52. The maximum atomic E-state index is 13.4. The van der Waals surface area contributed by atoms with E-state index in [0.717, 1.165) is 29.0 Å². The number of aromatic nitrogens is 1. The second kappa shape index (κ2) is 7.23. The molecule has 1 unspecified atom stereocenters. The Morgan fingerprint density at radius 2 is 1.93 bits per heavy atom. The number of pyridine rings is 1. The van der Waals surface area contributed by atoms with Crippen LogP contribution in [0.15, 0.2) is 36.2 Å². The molecule has 2 aliphatic rings. The number of rotatable bonds is 3. The summed E-state index contributed by atoms with van der Waals surface area (Å²) in [5.74, 6) is -5.70. The summed E-state index contributed by atoms with van der Waals surface area (Å²) in [6.07, 6.45) is 2.37. The van der Waals surface area contributed by atoms with Crippen molar-refractivity contribution in [2.75, 3.05) is 18.4 Å². The first-order chi connectivity index (χ1) is 13.4. The molecule has 146 valence electrons. The van der Waals surface area contributed by atoms with Gasteiger partial charge in [0, 0.05) is 55.1 Å². The van der Waals surface area contributed by atoms with Crippen molar-refractivity contribution in [3.63, 3.8) is 0 Å². The first-order valence-corrected chi connectivity index (χ1v) is 8.73. The average molecular weight is 392 g/mol. The maximum absolute atomic E-state index is 13.4. The highest BCUT2D eigenvalue weighted by Crippen LogP contribution is 2.34. The summed E-state index contributed by atoms with van der Waals surface area (Å²) >= 11 is 0. The molecule has 0 bridgehead atoms. The van der Waals surface area contributed by atoms with E-state index in [1.54, 1.807) is 6.07 Å². The summed E-state index contributed by atoms with van der Waals surface area (Å²) in [6, 6.07) is 4.40. The Kier molecular flexibility index (Phi) is 4.76. The number of fused-ring (bicyclic) bond motifs is 1. The number of carbonyl (C=O) groups excluding carboxylic acids is 1. The number of benzene rings is 1. The number of anilines is 1. The quantitative estimate of drug-likeness (QED) is 0.479. The van der Waals surface area contributed by atoms with E-state index in [-0.39, 0.29) is 5.69 Å². The Hall–Kier alpha value is -2.94. The molecule has 2 aliphatic heterocycles. The monoisotopic (exact) mass is 392 g/mol. The van der Waals surface area contributed by atoms with E-state index >= 15 is 0 Å². The molecule has 1 aromatic heterocycles. The zero-order chi connectivity index (χ0) is 19.8. The number of nitrogens with zero attached hydrogens (tertiary/aromatic N) is 2. The molecule has 9 heteroatoms. The van der Waals surface area contributed by atoms with Gasteiger partial charge in [0.25, 0.3) is 0 Å². The van der Waals surface area contributed by atoms with Crippen molar-refractivity contribution in [2.45, 2.75) is 12.8 Å². The van der Waals surface area contributed by atoms with Gasteiger partial charge in [-0.25, -0.2) is 23.6 Å². The van der Waals surface area contributed by atoms with Gasteiger partial charge in [0.2, 0.25) is 11.9 Å². The minimum absolute atomic E-state index is 0.134. The van der Waals surface area contributed by atoms with Crippen LogP contribution in [0.5, 0.6) is 0 Å². The molecular formula is C19H16F4N4O. The first kappa shape index (κ1) is 18.4. The van der Waals surface area contributed by atoms with Gasteiger partial charge in [0.05, 0.1) is 0 Å². The van der Waals surface area contributed by atoms with E-state index in [4.69, 9.17) is 0 Å². The van der Waals surface area contributed by atoms with Crippen molar-refractivity contribution >= 4 is 17.2 Å². The Labute approximate surface area is 158 Å².